The SMILES string of the molecule is CC(=O)CCCCCCCCC(=O)CCN1C(=O)CC(C)C1=O. The Balaban J connectivity index is 2.01. The van der Waals surface area contributed by atoms with Crippen LogP contribution < -0.4 is 0 Å². The summed E-state index contributed by atoms with van der Waals surface area (Å²) < 4.78 is 0. The first-order valence-corrected chi connectivity index (χ1v) is 8.77. The smallest absolute Gasteiger partial charge is 0.232 e. The van der Waals surface area contributed by atoms with Gasteiger partial charge in [-0.3, -0.25) is 19.3 Å². The van der Waals surface area contributed by atoms with Gasteiger partial charge in [-0.15, -0.1) is 0 Å². The van der Waals surface area contributed by atoms with E-state index in [4.69, 9.17) is 0 Å². The number of hydrogen-bond acceptors (Lipinski definition) is 4. The molecule has 5 heteroatoms. The van der Waals surface area contributed by atoms with Crippen LogP contribution >= 0.6 is 0 Å². The quantitative estimate of drug-likeness (QED) is 0.409. The third-order valence-corrected chi connectivity index (χ3v) is 4.32. The van der Waals surface area contributed by atoms with Crippen LogP contribution in [0.1, 0.15) is 78.1 Å². The van der Waals surface area contributed by atoms with Gasteiger partial charge in [-0.1, -0.05) is 32.6 Å². The van der Waals surface area contributed by atoms with Crippen molar-refractivity contribution < 1.29 is 19.2 Å². The molecule has 1 saturated heterocycles. The van der Waals surface area contributed by atoms with Crippen molar-refractivity contribution in [1.29, 1.82) is 0 Å². The third-order valence-electron chi connectivity index (χ3n) is 4.32. The maximum atomic E-state index is 11.8. The van der Waals surface area contributed by atoms with Crippen molar-refractivity contribution in [2.75, 3.05) is 6.54 Å². The molecular formula is C18H29NO4. The van der Waals surface area contributed by atoms with E-state index in [1.165, 1.54) is 4.90 Å². The summed E-state index contributed by atoms with van der Waals surface area (Å²) in [6, 6.07) is 0. The molecule has 5 nitrogen and oxygen atoms in total. The van der Waals surface area contributed by atoms with Crippen molar-refractivity contribution in [3.05, 3.63) is 0 Å². The average Bonchev–Trinajstić information content (AvgIpc) is 2.72. The van der Waals surface area contributed by atoms with Gasteiger partial charge in [0.1, 0.15) is 11.6 Å². The van der Waals surface area contributed by atoms with E-state index in [9.17, 15) is 19.2 Å². The van der Waals surface area contributed by atoms with Crippen LogP contribution in [0.4, 0.5) is 0 Å². The first-order chi connectivity index (χ1) is 10.9. The summed E-state index contributed by atoms with van der Waals surface area (Å²) in [5.41, 5.74) is 0. The molecule has 0 aromatic carbocycles. The predicted octanol–water partition coefficient (Wildman–Crippen LogP) is 3.05. The number of Topliss-reactive ketones (excluding diaryl/α,β-unsaturated/α-hetero) is 2. The molecule has 0 aliphatic carbocycles. The summed E-state index contributed by atoms with van der Waals surface area (Å²) in [4.78, 5) is 47.2. The van der Waals surface area contributed by atoms with Gasteiger partial charge in [-0.05, 0) is 19.8 Å². The zero-order valence-electron chi connectivity index (χ0n) is 14.4. The van der Waals surface area contributed by atoms with Gasteiger partial charge in [0.25, 0.3) is 0 Å². The number of amides is 2. The van der Waals surface area contributed by atoms with E-state index in [1.54, 1.807) is 13.8 Å². The Morgan fingerprint density at radius 2 is 1.52 bits per heavy atom. The number of likely N-dealkylation sites (tertiary alicyclic amines) is 1. The van der Waals surface area contributed by atoms with Crippen molar-refractivity contribution >= 4 is 23.4 Å². The number of carbonyl (C=O) groups excluding carboxylic acids is 4. The lowest BCUT2D eigenvalue weighted by molar-refractivity contribution is -0.139. The molecule has 130 valence electrons. The maximum absolute atomic E-state index is 11.8. The number of unbranched alkanes of at least 4 members (excludes halogenated alkanes) is 5. The summed E-state index contributed by atoms with van der Waals surface area (Å²) in [7, 11) is 0. The molecule has 1 fully saturated rings. The van der Waals surface area contributed by atoms with E-state index in [0.29, 0.717) is 12.8 Å². The number of ketones is 2. The second-order valence-corrected chi connectivity index (χ2v) is 6.60. The second-order valence-electron chi connectivity index (χ2n) is 6.60. The highest BCUT2D eigenvalue weighted by Gasteiger charge is 2.35. The Morgan fingerprint density at radius 3 is 2.04 bits per heavy atom. The number of rotatable bonds is 12. The summed E-state index contributed by atoms with van der Waals surface area (Å²) in [6.45, 7) is 3.61. The van der Waals surface area contributed by atoms with Crippen LogP contribution in [0.25, 0.3) is 0 Å². The monoisotopic (exact) mass is 323 g/mol. The van der Waals surface area contributed by atoms with Gasteiger partial charge in [0.05, 0.1) is 0 Å². The Hall–Kier alpha value is -1.52. The summed E-state index contributed by atoms with van der Waals surface area (Å²) in [6.07, 6.45) is 7.87. The van der Waals surface area contributed by atoms with Crippen molar-refractivity contribution in [3.63, 3.8) is 0 Å². The lowest BCUT2D eigenvalue weighted by Gasteiger charge is -2.13. The Kier molecular flexibility index (Phi) is 8.74. The van der Waals surface area contributed by atoms with Gasteiger partial charge in [0, 0.05) is 38.1 Å². The molecule has 1 unspecified atom stereocenters. The van der Waals surface area contributed by atoms with Crippen LogP contribution in [-0.4, -0.2) is 34.8 Å². The van der Waals surface area contributed by atoms with Gasteiger partial charge in [-0.2, -0.15) is 0 Å². The molecular weight excluding hydrogens is 294 g/mol. The second kappa shape index (κ2) is 10.3. The van der Waals surface area contributed by atoms with Crippen molar-refractivity contribution in [2.24, 2.45) is 5.92 Å². The van der Waals surface area contributed by atoms with Gasteiger partial charge in [-0.25, -0.2) is 0 Å². The van der Waals surface area contributed by atoms with Crippen LogP contribution in [0.2, 0.25) is 0 Å². The molecule has 0 N–H and O–H groups in total. The lowest BCUT2D eigenvalue weighted by Crippen LogP contribution is -2.32. The number of imide groups is 1. The third kappa shape index (κ3) is 7.53. The molecule has 1 atom stereocenters. The zero-order chi connectivity index (χ0) is 17.2. The van der Waals surface area contributed by atoms with E-state index in [2.05, 4.69) is 0 Å². The molecule has 0 aromatic rings. The highest BCUT2D eigenvalue weighted by atomic mass is 16.2. The number of nitrogens with zero attached hydrogens (tertiary/aromatic N) is 1. The molecule has 1 heterocycles. The van der Waals surface area contributed by atoms with Crippen molar-refractivity contribution in [3.8, 4) is 0 Å². The fourth-order valence-electron chi connectivity index (χ4n) is 2.85. The molecule has 0 bridgehead atoms. The minimum absolute atomic E-state index is 0.127. The molecule has 1 aliphatic heterocycles. The van der Waals surface area contributed by atoms with Crippen LogP contribution in [0.5, 0.6) is 0 Å². The molecule has 0 saturated carbocycles. The van der Waals surface area contributed by atoms with Crippen LogP contribution in [0.3, 0.4) is 0 Å². The molecule has 23 heavy (non-hydrogen) atoms. The first-order valence-electron chi connectivity index (χ1n) is 8.77. The van der Waals surface area contributed by atoms with Gasteiger partial charge < -0.3 is 4.79 Å². The molecule has 1 aliphatic rings. The Morgan fingerprint density at radius 1 is 0.957 bits per heavy atom. The first kappa shape index (κ1) is 19.5. The fraction of sp³-hybridized carbons (Fsp3) is 0.778. The number of carbonyl (C=O) groups is 4. The largest absolute Gasteiger partial charge is 0.300 e. The molecule has 1 rings (SSSR count). The summed E-state index contributed by atoms with van der Waals surface area (Å²) >= 11 is 0. The average molecular weight is 323 g/mol. The number of hydrogen-bond donors (Lipinski definition) is 0. The van der Waals surface area contributed by atoms with E-state index >= 15 is 0 Å². The molecule has 0 aromatic heterocycles. The van der Waals surface area contributed by atoms with Gasteiger partial charge in [0.2, 0.25) is 11.8 Å². The minimum atomic E-state index is -0.236. The fourth-order valence-corrected chi connectivity index (χ4v) is 2.85. The van der Waals surface area contributed by atoms with Gasteiger partial charge >= 0.3 is 0 Å². The molecule has 0 radical (unpaired) electrons. The van der Waals surface area contributed by atoms with E-state index in [-0.39, 0.29) is 48.7 Å². The van der Waals surface area contributed by atoms with Crippen LogP contribution in [-0.2, 0) is 19.2 Å². The van der Waals surface area contributed by atoms with Crippen LogP contribution in [0, 0.1) is 5.92 Å². The zero-order valence-corrected chi connectivity index (χ0v) is 14.4. The normalized spacial score (nSPS) is 17.8. The summed E-state index contributed by atoms with van der Waals surface area (Å²) in [5, 5.41) is 0. The van der Waals surface area contributed by atoms with Gasteiger partial charge in [0.15, 0.2) is 0 Å². The highest BCUT2D eigenvalue weighted by molar-refractivity contribution is 6.03. The topological polar surface area (TPSA) is 71.5 Å². The Bertz CT molecular complexity index is 444. The minimum Gasteiger partial charge on any atom is -0.300 e. The molecule has 0 spiro atoms. The van der Waals surface area contributed by atoms with E-state index < -0.39 is 0 Å². The predicted molar refractivity (Wildman–Crippen MR) is 87.7 cm³/mol. The van der Waals surface area contributed by atoms with E-state index in [1.807, 2.05) is 0 Å². The van der Waals surface area contributed by atoms with E-state index in [0.717, 1.165) is 38.5 Å². The van der Waals surface area contributed by atoms with Crippen LogP contribution in [0.15, 0.2) is 0 Å². The van der Waals surface area contributed by atoms with Crippen molar-refractivity contribution in [2.45, 2.75) is 78.1 Å². The Labute approximate surface area is 138 Å². The molecule has 2 amide bonds. The lowest BCUT2D eigenvalue weighted by atomic mass is 10.0. The maximum Gasteiger partial charge on any atom is 0.232 e. The highest BCUT2D eigenvalue weighted by Crippen LogP contribution is 2.19. The summed E-state index contributed by atoms with van der Waals surface area (Å²) in [5.74, 6) is -0.156. The van der Waals surface area contributed by atoms with Crippen molar-refractivity contribution in [1.82, 2.24) is 4.90 Å². The standard InChI is InChI=1S/C18H29NO4/c1-14-13-17(22)19(18(14)23)12-11-16(21)10-8-6-4-3-5-7-9-15(2)20/h14H,3-13H2,1-2H3.